The van der Waals surface area contributed by atoms with E-state index in [0.29, 0.717) is 28.7 Å². The number of benzene rings is 2. The van der Waals surface area contributed by atoms with E-state index in [4.69, 9.17) is 25.8 Å². The molecule has 2 aliphatic rings. The lowest BCUT2D eigenvalue weighted by Gasteiger charge is -2.22. The zero-order valence-corrected chi connectivity index (χ0v) is 16.0. The number of urea groups is 1. The summed E-state index contributed by atoms with van der Waals surface area (Å²) in [5.74, 6) is 1.54. The second kappa shape index (κ2) is 7.24. The maximum absolute atomic E-state index is 12.9. The number of fused-ring (bicyclic) bond motifs is 1. The van der Waals surface area contributed by atoms with Crippen LogP contribution in [0, 0.1) is 0 Å². The highest BCUT2D eigenvalue weighted by atomic mass is 35.5. The van der Waals surface area contributed by atoms with Crippen molar-refractivity contribution in [2.24, 2.45) is 0 Å². The SMILES string of the molecule is C[C@@]1(Cc2ccc3c(c2)OCO3)NC(=O)N(CCOc2ccccc2Cl)C1=O. The molecule has 2 aliphatic heterocycles. The van der Waals surface area contributed by atoms with Crippen LogP contribution in [-0.4, -0.2) is 42.3 Å². The topological polar surface area (TPSA) is 77.1 Å². The van der Waals surface area contributed by atoms with Gasteiger partial charge < -0.3 is 19.5 Å². The van der Waals surface area contributed by atoms with Gasteiger partial charge in [0.05, 0.1) is 11.6 Å². The van der Waals surface area contributed by atoms with Crippen molar-refractivity contribution >= 4 is 23.5 Å². The smallest absolute Gasteiger partial charge is 0.325 e. The molecule has 0 radical (unpaired) electrons. The number of carbonyl (C=O) groups excluding carboxylic acids is 2. The summed E-state index contributed by atoms with van der Waals surface area (Å²) in [6.07, 6.45) is 0.343. The lowest BCUT2D eigenvalue weighted by molar-refractivity contribution is -0.131. The lowest BCUT2D eigenvalue weighted by Crippen LogP contribution is -2.46. The number of carbonyl (C=O) groups is 2. The fourth-order valence-corrected chi connectivity index (χ4v) is 3.53. The number of rotatable bonds is 6. The first kappa shape index (κ1) is 18.4. The van der Waals surface area contributed by atoms with Crippen LogP contribution in [0.25, 0.3) is 0 Å². The molecule has 1 fully saturated rings. The first-order valence-electron chi connectivity index (χ1n) is 8.86. The van der Waals surface area contributed by atoms with E-state index in [1.807, 2.05) is 12.1 Å². The Morgan fingerprint density at radius 1 is 1.18 bits per heavy atom. The number of nitrogens with one attached hydrogen (secondary N) is 1. The molecule has 0 bridgehead atoms. The van der Waals surface area contributed by atoms with E-state index in [0.717, 1.165) is 5.56 Å². The highest BCUT2D eigenvalue weighted by molar-refractivity contribution is 6.32. The van der Waals surface area contributed by atoms with E-state index in [2.05, 4.69) is 5.32 Å². The van der Waals surface area contributed by atoms with Crippen LogP contribution in [-0.2, 0) is 11.2 Å². The molecule has 8 heteroatoms. The molecule has 0 saturated carbocycles. The highest BCUT2D eigenvalue weighted by Gasteiger charge is 2.47. The van der Waals surface area contributed by atoms with E-state index >= 15 is 0 Å². The van der Waals surface area contributed by atoms with Gasteiger partial charge in [-0.2, -0.15) is 0 Å². The Hall–Kier alpha value is -2.93. The molecule has 3 amide bonds. The summed E-state index contributed by atoms with van der Waals surface area (Å²) >= 11 is 6.05. The molecule has 0 aliphatic carbocycles. The van der Waals surface area contributed by atoms with Crippen molar-refractivity contribution in [3.8, 4) is 17.2 Å². The average Bonchev–Trinajstić information content (AvgIpc) is 3.20. The number of hydrogen-bond acceptors (Lipinski definition) is 5. The maximum atomic E-state index is 12.9. The molecule has 7 nitrogen and oxygen atoms in total. The zero-order valence-electron chi connectivity index (χ0n) is 15.2. The minimum absolute atomic E-state index is 0.132. The first-order chi connectivity index (χ1) is 13.5. The Bertz CT molecular complexity index is 935. The minimum atomic E-state index is -1.03. The van der Waals surface area contributed by atoms with Gasteiger partial charge in [0, 0.05) is 6.42 Å². The molecule has 28 heavy (non-hydrogen) atoms. The largest absolute Gasteiger partial charge is 0.490 e. The standard InChI is InChI=1S/C20H19ClN2O5/c1-20(11-13-6-7-16-17(10-13)28-12-27-16)18(24)23(19(25)22-20)8-9-26-15-5-3-2-4-14(15)21/h2-7,10H,8-9,11-12H2,1H3,(H,22,25)/t20-/m0/s1. The maximum Gasteiger partial charge on any atom is 0.325 e. The molecule has 146 valence electrons. The van der Waals surface area contributed by atoms with Gasteiger partial charge in [0.2, 0.25) is 6.79 Å². The van der Waals surface area contributed by atoms with Crippen LogP contribution in [0.2, 0.25) is 5.02 Å². The van der Waals surface area contributed by atoms with Gasteiger partial charge in [-0.1, -0.05) is 29.8 Å². The fourth-order valence-electron chi connectivity index (χ4n) is 3.34. The van der Waals surface area contributed by atoms with Gasteiger partial charge in [-0.05, 0) is 36.8 Å². The van der Waals surface area contributed by atoms with Gasteiger partial charge in [0.25, 0.3) is 5.91 Å². The quantitative estimate of drug-likeness (QED) is 0.751. The fraction of sp³-hybridized carbons (Fsp3) is 0.300. The monoisotopic (exact) mass is 402 g/mol. The zero-order chi connectivity index (χ0) is 19.7. The van der Waals surface area contributed by atoms with Crippen LogP contribution >= 0.6 is 11.6 Å². The van der Waals surface area contributed by atoms with E-state index in [-0.39, 0.29) is 25.9 Å². The van der Waals surface area contributed by atoms with Crippen LogP contribution in [0.15, 0.2) is 42.5 Å². The van der Waals surface area contributed by atoms with Crippen molar-refractivity contribution in [2.45, 2.75) is 18.9 Å². The summed E-state index contributed by atoms with van der Waals surface area (Å²) in [6, 6.07) is 12.1. The molecule has 2 aromatic rings. The van der Waals surface area contributed by atoms with Crippen molar-refractivity contribution in [3.63, 3.8) is 0 Å². The summed E-state index contributed by atoms with van der Waals surface area (Å²) in [7, 11) is 0. The summed E-state index contributed by atoms with van der Waals surface area (Å²) in [5.41, 5.74) is -0.163. The molecule has 2 aromatic carbocycles. The molecular weight excluding hydrogens is 384 g/mol. The molecular formula is C20H19ClN2O5. The second-order valence-corrected chi connectivity index (χ2v) is 7.27. The van der Waals surface area contributed by atoms with Crippen molar-refractivity contribution in [3.05, 3.63) is 53.1 Å². The highest BCUT2D eigenvalue weighted by Crippen LogP contribution is 2.34. The van der Waals surface area contributed by atoms with E-state index < -0.39 is 11.6 Å². The number of hydrogen-bond donors (Lipinski definition) is 1. The Balaban J connectivity index is 1.40. The number of amides is 3. The Morgan fingerprint density at radius 3 is 2.79 bits per heavy atom. The van der Waals surface area contributed by atoms with Gasteiger partial charge in [-0.15, -0.1) is 0 Å². The number of ether oxygens (including phenoxy) is 3. The molecule has 0 unspecified atom stereocenters. The van der Waals surface area contributed by atoms with E-state index in [9.17, 15) is 9.59 Å². The molecule has 0 spiro atoms. The van der Waals surface area contributed by atoms with Crippen molar-refractivity contribution in [1.82, 2.24) is 10.2 Å². The lowest BCUT2D eigenvalue weighted by atomic mass is 9.92. The summed E-state index contributed by atoms with van der Waals surface area (Å²) in [5, 5.41) is 3.27. The van der Waals surface area contributed by atoms with Gasteiger partial charge >= 0.3 is 6.03 Å². The van der Waals surface area contributed by atoms with Crippen molar-refractivity contribution in [2.75, 3.05) is 19.9 Å². The van der Waals surface area contributed by atoms with Crippen molar-refractivity contribution < 1.29 is 23.8 Å². The van der Waals surface area contributed by atoms with Crippen LogP contribution in [0.4, 0.5) is 4.79 Å². The minimum Gasteiger partial charge on any atom is -0.490 e. The summed E-state index contributed by atoms with van der Waals surface area (Å²) in [6.45, 7) is 2.19. The van der Waals surface area contributed by atoms with Crippen LogP contribution in [0.1, 0.15) is 12.5 Å². The van der Waals surface area contributed by atoms with Gasteiger partial charge in [-0.25, -0.2) is 4.79 Å². The van der Waals surface area contributed by atoms with Crippen molar-refractivity contribution in [1.29, 1.82) is 0 Å². The summed E-state index contributed by atoms with van der Waals surface area (Å²) < 4.78 is 16.3. The molecule has 1 saturated heterocycles. The molecule has 0 aromatic heterocycles. The Labute approximate surface area is 167 Å². The Kier molecular flexibility index (Phi) is 4.77. The predicted octanol–water partition coefficient (Wildman–Crippen LogP) is 3.00. The van der Waals surface area contributed by atoms with Crippen LogP contribution < -0.4 is 19.5 Å². The van der Waals surface area contributed by atoms with E-state index in [1.165, 1.54) is 4.90 Å². The molecule has 4 rings (SSSR count). The first-order valence-corrected chi connectivity index (χ1v) is 9.24. The van der Waals surface area contributed by atoms with Crippen LogP contribution in [0.3, 0.4) is 0 Å². The van der Waals surface area contributed by atoms with Gasteiger partial charge in [0.15, 0.2) is 11.5 Å². The molecule has 1 N–H and O–H groups in total. The molecule has 2 heterocycles. The average molecular weight is 403 g/mol. The van der Waals surface area contributed by atoms with Crippen LogP contribution in [0.5, 0.6) is 17.2 Å². The summed E-state index contributed by atoms with van der Waals surface area (Å²) in [4.78, 5) is 26.4. The second-order valence-electron chi connectivity index (χ2n) is 6.86. The number of halogens is 1. The number of imide groups is 1. The molecule has 1 atom stereocenters. The third-order valence-electron chi connectivity index (χ3n) is 4.75. The number of nitrogens with zero attached hydrogens (tertiary/aromatic N) is 1. The predicted molar refractivity (Wildman–Crippen MR) is 102 cm³/mol. The Morgan fingerprint density at radius 2 is 1.96 bits per heavy atom. The third kappa shape index (κ3) is 3.45. The van der Waals surface area contributed by atoms with E-state index in [1.54, 1.807) is 37.3 Å². The normalized spacial score (nSPS) is 20.4. The van der Waals surface area contributed by atoms with Gasteiger partial charge in [0.1, 0.15) is 17.9 Å². The van der Waals surface area contributed by atoms with Gasteiger partial charge in [-0.3, -0.25) is 9.69 Å². The third-order valence-corrected chi connectivity index (χ3v) is 5.06. The number of para-hydroxylation sites is 1.